The molecule has 1 fully saturated rings. The molecule has 9 heteroatoms. The number of thiocarbonyl (C=S) groups is 1. The fourth-order valence-corrected chi connectivity index (χ4v) is 2.26. The number of amides is 1. The van der Waals surface area contributed by atoms with Crippen LogP contribution in [0, 0.1) is 5.92 Å². The molecule has 2 atom stereocenters. The fraction of sp³-hybridized carbons (Fsp3) is 0.833. The topological polar surface area (TPSA) is 67.6 Å². The van der Waals surface area contributed by atoms with Crippen molar-refractivity contribution in [2.45, 2.75) is 25.6 Å². The number of carbonyl (C=O) groups is 1. The molecule has 0 spiro atoms. The van der Waals surface area contributed by atoms with Crippen LogP contribution >= 0.6 is 12.2 Å². The zero-order valence-electron chi connectivity index (χ0n) is 11.8. The van der Waals surface area contributed by atoms with Crippen molar-refractivity contribution in [3.8, 4) is 0 Å². The molecule has 0 aromatic rings. The maximum Gasteiger partial charge on any atom is 0.399 e. The second-order valence-electron chi connectivity index (χ2n) is 4.87. The molecule has 0 aliphatic carbocycles. The van der Waals surface area contributed by atoms with Gasteiger partial charge in [-0.05, 0) is 6.42 Å². The van der Waals surface area contributed by atoms with Gasteiger partial charge in [-0.25, -0.2) is 0 Å². The second kappa shape index (κ2) is 7.90. The fourth-order valence-electron chi connectivity index (χ4n) is 2.05. The summed E-state index contributed by atoms with van der Waals surface area (Å²) in [6.07, 6.45) is -3.77. The predicted molar refractivity (Wildman–Crippen MR) is 75.8 cm³/mol. The van der Waals surface area contributed by atoms with E-state index in [1.165, 1.54) is 4.90 Å². The van der Waals surface area contributed by atoms with E-state index in [9.17, 15) is 18.0 Å². The first kappa shape index (κ1) is 18.1. The average Bonchev–Trinajstić information content (AvgIpc) is 2.40. The predicted octanol–water partition coefficient (Wildman–Crippen LogP) is 0.678. The van der Waals surface area contributed by atoms with Gasteiger partial charge >= 0.3 is 6.18 Å². The molecule has 5 nitrogen and oxygen atoms in total. The molecule has 21 heavy (non-hydrogen) atoms. The minimum absolute atomic E-state index is 0.0669. The van der Waals surface area contributed by atoms with E-state index in [2.05, 4.69) is 17.5 Å². The monoisotopic (exact) mass is 327 g/mol. The van der Waals surface area contributed by atoms with Crippen LogP contribution in [0.3, 0.4) is 0 Å². The number of hydrogen-bond donors (Lipinski definition) is 2. The molecule has 1 saturated heterocycles. The first-order valence-electron chi connectivity index (χ1n) is 6.73. The third kappa shape index (κ3) is 5.40. The highest BCUT2D eigenvalue weighted by atomic mass is 32.1. The minimum Gasteiger partial charge on any atom is -0.393 e. The summed E-state index contributed by atoms with van der Waals surface area (Å²) in [7, 11) is 0. The van der Waals surface area contributed by atoms with Crippen LogP contribution in [0.15, 0.2) is 0 Å². The molecule has 0 bridgehead atoms. The lowest BCUT2D eigenvalue weighted by Crippen LogP contribution is -2.57. The number of ether oxygens (including phenoxy) is 1. The van der Waals surface area contributed by atoms with Crippen molar-refractivity contribution in [2.75, 3.05) is 32.8 Å². The van der Waals surface area contributed by atoms with Crippen LogP contribution in [0.25, 0.3) is 0 Å². The molecule has 1 amide bonds. The van der Waals surface area contributed by atoms with E-state index in [-0.39, 0.29) is 25.7 Å². The summed E-state index contributed by atoms with van der Waals surface area (Å²) in [6.45, 7) is 2.52. The van der Waals surface area contributed by atoms with Crippen LogP contribution < -0.4 is 11.1 Å². The van der Waals surface area contributed by atoms with Gasteiger partial charge in [0, 0.05) is 19.6 Å². The van der Waals surface area contributed by atoms with E-state index in [4.69, 9.17) is 10.5 Å². The first-order chi connectivity index (χ1) is 9.77. The van der Waals surface area contributed by atoms with Gasteiger partial charge in [-0.1, -0.05) is 19.1 Å². The van der Waals surface area contributed by atoms with E-state index in [1.807, 2.05) is 6.92 Å². The van der Waals surface area contributed by atoms with Crippen LogP contribution in [-0.4, -0.2) is 60.9 Å². The molecule has 0 saturated carbocycles. The molecule has 3 N–H and O–H groups in total. The molecule has 1 aliphatic heterocycles. The van der Waals surface area contributed by atoms with Crippen molar-refractivity contribution in [3.05, 3.63) is 0 Å². The Kier molecular flexibility index (Phi) is 6.82. The number of alkyl halides is 3. The Hall–Kier alpha value is -0.930. The summed E-state index contributed by atoms with van der Waals surface area (Å²) in [5.41, 5.74) is 5.19. The van der Waals surface area contributed by atoms with Crippen LogP contribution in [-0.2, 0) is 9.53 Å². The number of carbonyl (C=O) groups excluding carboxylic acids is 1. The summed E-state index contributed by atoms with van der Waals surface area (Å²) in [5.74, 6) is -2.26. The molecular formula is C12H20F3N3O2S. The second-order valence-corrected chi connectivity index (χ2v) is 5.34. The van der Waals surface area contributed by atoms with Gasteiger partial charge in [0.05, 0.1) is 18.2 Å². The van der Waals surface area contributed by atoms with Gasteiger partial charge < -0.3 is 15.8 Å². The summed E-state index contributed by atoms with van der Waals surface area (Å²) in [6, 6.07) is -0.746. The van der Waals surface area contributed by atoms with Gasteiger partial charge in [0.25, 0.3) is 0 Å². The number of hydrogen-bond acceptors (Lipinski definition) is 4. The van der Waals surface area contributed by atoms with Crippen LogP contribution in [0.5, 0.6) is 0 Å². The molecule has 2 unspecified atom stereocenters. The smallest absolute Gasteiger partial charge is 0.393 e. The first-order valence-corrected chi connectivity index (χ1v) is 7.13. The molecular weight excluding hydrogens is 307 g/mol. The zero-order chi connectivity index (χ0) is 16.0. The lowest BCUT2D eigenvalue weighted by atomic mass is 10.1. The minimum atomic E-state index is -4.52. The highest BCUT2D eigenvalue weighted by Gasteiger charge is 2.44. The Morgan fingerprint density at radius 3 is 2.76 bits per heavy atom. The van der Waals surface area contributed by atoms with Crippen molar-refractivity contribution in [1.29, 1.82) is 0 Å². The third-order valence-corrected chi connectivity index (χ3v) is 3.53. The highest BCUT2D eigenvalue weighted by Crippen LogP contribution is 2.28. The maximum atomic E-state index is 12.9. The number of nitrogens with one attached hydrogen (secondary N) is 1. The Morgan fingerprint density at radius 1 is 1.57 bits per heavy atom. The lowest BCUT2D eigenvalue weighted by Gasteiger charge is -2.36. The Bertz CT molecular complexity index is 379. The summed E-state index contributed by atoms with van der Waals surface area (Å²) >= 11 is 4.51. The molecule has 1 rings (SSSR count). The Balaban J connectivity index is 2.76. The largest absolute Gasteiger partial charge is 0.399 e. The number of nitrogens with zero attached hydrogens (tertiary/aromatic N) is 1. The van der Waals surface area contributed by atoms with Crippen molar-refractivity contribution in [2.24, 2.45) is 11.7 Å². The standard InChI is InChI=1S/C12H20F3N3O2S/c1-2-3-17-11(19)9-7-20-5-4-18(9)6-8(10(16)21)12(13,14)15/h8-9H,2-7H2,1H3,(H2,16,21)(H,17,19). The van der Waals surface area contributed by atoms with Gasteiger partial charge in [0.2, 0.25) is 5.91 Å². The molecule has 0 radical (unpaired) electrons. The number of halogens is 3. The van der Waals surface area contributed by atoms with E-state index >= 15 is 0 Å². The summed E-state index contributed by atoms with van der Waals surface area (Å²) in [5, 5.41) is 2.67. The van der Waals surface area contributed by atoms with Gasteiger partial charge in [-0.15, -0.1) is 0 Å². The van der Waals surface area contributed by atoms with Crippen molar-refractivity contribution >= 4 is 23.1 Å². The SMILES string of the molecule is CCCNC(=O)C1COCCN1CC(C(N)=S)C(F)(F)F. The molecule has 1 aliphatic rings. The Labute approximate surface area is 127 Å². The van der Waals surface area contributed by atoms with Crippen LogP contribution in [0.1, 0.15) is 13.3 Å². The van der Waals surface area contributed by atoms with E-state index in [0.29, 0.717) is 6.54 Å². The normalized spacial score (nSPS) is 21.8. The van der Waals surface area contributed by atoms with Crippen molar-refractivity contribution in [1.82, 2.24) is 10.2 Å². The number of morpholine rings is 1. The zero-order valence-corrected chi connectivity index (χ0v) is 12.6. The summed E-state index contributed by atoms with van der Waals surface area (Å²) in [4.78, 5) is 12.8. The van der Waals surface area contributed by atoms with Gasteiger partial charge in [-0.3, -0.25) is 9.69 Å². The molecule has 0 aromatic carbocycles. The lowest BCUT2D eigenvalue weighted by molar-refractivity contribution is -0.166. The average molecular weight is 327 g/mol. The van der Waals surface area contributed by atoms with E-state index in [1.54, 1.807) is 0 Å². The van der Waals surface area contributed by atoms with Crippen LogP contribution in [0.4, 0.5) is 13.2 Å². The van der Waals surface area contributed by atoms with Gasteiger partial charge in [0.1, 0.15) is 12.0 Å². The van der Waals surface area contributed by atoms with Crippen LogP contribution in [0.2, 0.25) is 0 Å². The van der Waals surface area contributed by atoms with Gasteiger partial charge in [0.15, 0.2) is 0 Å². The number of rotatable bonds is 6. The van der Waals surface area contributed by atoms with Gasteiger partial charge in [-0.2, -0.15) is 13.2 Å². The highest BCUT2D eigenvalue weighted by molar-refractivity contribution is 7.80. The Morgan fingerprint density at radius 2 is 2.24 bits per heavy atom. The third-order valence-electron chi connectivity index (χ3n) is 3.25. The molecule has 122 valence electrons. The van der Waals surface area contributed by atoms with Crippen molar-refractivity contribution in [3.63, 3.8) is 0 Å². The number of nitrogens with two attached hydrogens (primary N) is 1. The van der Waals surface area contributed by atoms with E-state index < -0.39 is 29.7 Å². The molecule has 0 aromatic heterocycles. The molecule has 1 heterocycles. The van der Waals surface area contributed by atoms with E-state index in [0.717, 1.165) is 6.42 Å². The van der Waals surface area contributed by atoms with Crippen molar-refractivity contribution < 1.29 is 22.7 Å². The maximum absolute atomic E-state index is 12.9. The summed E-state index contributed by atoms with van der Waals surface area (Å²) < 4.78 is 44.0. The quantitative estimate of drug-likeness (QED) is 0.702.